The number of para-hydroxylation sites is 1. The summed E-state index contributed by atoms with van der Waals surface area (Å²) in [6.07, 6.45) is 2.50. The van der Waals surface area contributed by atoms with Gasteiger partial charge in [-0.05, 0) is 78.4 Å². The van der Waals surface area contributed by atoms with Crippen molar-refractivity contribution >= 4 is 41.0 Å². The van der Waals surface area contributed by atoms with Crippen molar-refractivity contribution < 1.29 is 9.59 Å². The number of carbonyl (C=O) groups excluding carboxylic acids is 2. The van der Waals surface area contributed by atoms with Gasteiger partial charge in [-0.25, -0.2) is 0 Å². The number of nitrogens with zero attached hydrogens (tertiary/aromatic N) is 3. The Bertz CT molecular complexity index is 1350. The summed E-state index contributed by atoms with van der Waals surface area (Å²) in [4.78, 5) is 35.1. The maximum absolute atomic E-state index is 13.9. The Kier molecular flexibility index (Phi) is 6.44. The molecule has 2 amide bonds. The molecule has 0 radical (unpaired) electrons. The first-order chi connectivity index (χ1) is 17.3. The first-order valence-electron chi connectivity index (χ1n) is 12.4. The number of benzene rings is 3. The minimum absolute atomic E-state index is 0.0431. The van der Waals surface area contributed by atoms with Crippen molar-refractivity contribution in [2.75, 3.05) is 9.80 Å². The van der Waals surface area contributed by atoms with Crippen LogP contribution in [0.15, 0.2) is 71.7 Å². The summed E-state index contributed by atoms with van der Waals surface area (Å²) in [6, 6.07) is 21.0. The zero-order chi connectivity index (χ0) is 25.6. The third-order valence-electron chi connectivity index (χ3n) is 7.19. The second kappa shape index (κ2) is 9.55. The lowest BCUT2D eigenvalue weighted by atomic mass is 9.89. The summed E-state index contributed by atoms with van der Waals surface area (Å²) >= 11 is 6.10. The minimum atomic E-state index is -0.196. The average Bonchev–Trinajstić information content (AvgIpc) is 3.28. The molecular weight excluding hydrogens is 470 g/mol. The van der Waals surface area contributed by atoms with E-state index in [1.165, 1.54) is 5.56 Å². The molecule has 36 heavy (non-hydrogen) atoms. The molecule has 5 rings (SSSR count). The molecule has 184 valence electrons. The SMILES string of the molecule is CC(=O)N(c1ccc(Cl)cc1)[C@@H]1C[C@H](C)N(C(=O)c2ccc3c(c2)C=NC3C(C)C)c2ccccc21. The zero-order valence-corrected chi connectivity index (χ0v) is 21.7. The number of carbonyl (C=O) groups is 2. The van der Waals surface area contributed by atoms with E-state index in [1.807, 2.05) is 77.5 Å². The molecule has 3 aromatic carbocycles. The van der Waals surface area contributed by atoms with Crippen LogP contribution in [0.3, 0.4) is 0 Å². The van der Waals surface area contributed by atoms with Crippen molar-refractivity contribution in [1.82, 2.24) is 0 Å². The van der Waals surface area contributed by atoms with Crippen LogP contribution in [-0.2, 0) is 4.79 Å². The van der Waals surface area contributed by atoms with Crippen LogP contribution in [0, 0.1) is 5.92 Å². The lowest BCUT2D eigenvalue weighted by Gasteiger charge is -2.43. The fourth-order valence-corrected chi connectivity index (χ4v) is 5.64. The molecule has 0 spiro atoms. The molecular formula is C30H30ClN3O2. The van der Waals surface area contributed by atoms with Gasteiger partial charge in [-0.1, -0.05) is 49.7 Å². The van der Waals surface area contributed by atoms with Gasteiger partial charge in [0, 0.05) is 41.1 Å². The highest BCUT2D eigenvalue weighted by Gasteiger charge is 2.38. The molecule has 1 unspecified atom stereocenters. The number of anilines is 2. The van der Waals surface area contributed by atoms with Crippen molar-refractivity contribution in [3.8, 4) is 0 Å². The van der Waals surface area contributed by atoms with Crippen molar-refractivity contribution in [2.45, 2.75) is 52.2 Å². The van der Waals surface area contributed by atoms with Gasteiger partial charge in [0.25, 0.3) is 5.91 Å². The third kappa shape index (κ3) is 4.22. The van der Waals surface area contributed by atoms with E-state index >= 15 is 0 Å². The Morgan fingerprint density at radius 3 is 2.44 bits per heavy atom. The quantitative estimate of drug-likeness (QED) is 0.388. The van der Waals surface area contributed by atoms with Crippen LogP contribution in [-0.4, -0.2) is 24.1 Å². The Morgan fingerprint density at radius 2 is 1.75 bits per heavy atom. The van der Waals surface area contributed by atoms with Crippen LogP contribution < -0.4 is 9.80 Å². The van der Waals surface area contributed by atoms with Gasteiger partial charge < -0.3 is 9.80 Å². The number of aliphatic imine (C=N–C) groups is 1. The van der Waals surface area contributed by atoms with Crippen LogP contribution in [0.4, 0.5) is 11.4 Å². The molecule has 0 bridgehead atoms. The number of halogens is 1. The van der Waals surface area contributed by atoms with Crippen LogP contribution in [0.25, 0.3) is 0 Å². The fraction of sp³-hybridized carbons (Fsp3) is 0.300. The first kappa shape index (κ1) is 24.3. The molecule has 6 heteroatoms. The number of amides is 2. The summed E-state index contributed by atoms with van der Waals surface area (Å²) in [5, 5.41) is 0.621. The molecule has 0 fully saturated rings. The Balaban J connectivity index is 1.52. The summed E-state index contributed by atoms with van der Waals surface area (Å²) in [7, 11) is 0. The Labute approximate surface area is 217 Å². The summed E-state index contributed by atoms with van der Waals surface area (Å²) < 4.78 is 0. The van der Waals surface area contributed by atoms with Gasteiger partial charge in [0.05, 0.1) is 12.1 Å². The van der Waals surface area contributed by atoms with E-state index in [-0.39, 0.29) is 29.9 Å². The zero-order valence-electron chi connectivity index (χ0n) is 21.0. The monoisotopic (exact) mass is 499 g/mol. The summed E-state index contributed by atoms with van der Waals surface area (Å²) in [5.74, 6) is 0.306. The maximum atomic E-state index is 13.9. The predicted molar refractivity (Wildman–Crippen MR) is 146 cm³/mol. The number of hydrogen-bond donors (Lipinski definition) is 0. The van der Waals surface area contributed by atoms with Gasteiger partial charge in [-0.15, -0.1) is 0 Å². The molecule has 2 aliphatic heterocycles. The molecule has 2 heterocycles. The number of rotatable bonds is 4. The normalized spacial score (nSPS) is 20.3. The predicted octanol–water partition coefficient (Wildman–Crippen LogP) is 7.00. The molecule has 3 aromatic rings. The smallest absolute Gasteiger partial charge is 0.258 e. The average molecular weight is 500 g/mol. The largest absolute Gasteiger partial charge is 0.305 e. The van der Waals surface area contributed by atoms with Crippen molar-refractivity contribution in [2.24, 2.45) is 10.9 Å². The van der Waals surface area contributed by atoms with E-state index in [0.717, 1.165) is 22.5 Å². The van der Waals surface area contributed by atoms with Gasteiger partial charge in [-0.3, -0.25) is 14.6 Å². The van der Waals surface area contributed by atoms with E-state index in [1.54, 1.807) is 19.1 Å². The molecule has 5 nitrogen and oxygen atoms in total. The van der Waals surface area contributed by atoms with E-state index in [2.05, 4.69) is 18.8 Å². The lowest BCUT2D eigenvalue weighted by molar-refractivity contribution is -0.117. The fourth-order valence-electron chi connectivity index (χ4n) is 5.52. The second-order valence-corrected chi connectivity index (χ2v) is 10.4. The van der Waals surface area contributed by atoms with Gasteiger partial charge in [0.15, 0.2) is 0 Å². The highest BCUT2D eigenvalue weighted by atomic mass is 35.5. The van der Waals surface area contributed by atoms with Crippen molar-refractivity contribution in [3.63, 3.8) is 0 Å². The Morgan fingerprint density at radius 1 is 1.03 bits per heavy atom. The van der Waals surface area contributed by atoms with Crippen LogP contribution in [0.1, 0.15) is 73.2 Å². The molecule has 0 saturated heterocycles. The molecule has 0 saturated carbocycles. The van der Waals surface area contributed by atoms with Gasteiger partial charge in [-0.2, -0.15) is 0 Å². The summed E-state index contributed by atoms with van der Waals surface area (Å²) in [6.45, 7) is 7.95. The first-order valence-corrected chi connectivity index (χ1v) is 12.8. The number of fused-ring (bicyclic) bond motifs is 2. The van der Waals surface area contributed by atoms with E-state index in [4.69, 9.17) is 11.6 Å². The van der Waals surface area contributed by atoms with E-state index in [9.17, 15) is 9.59 Å². The van der Waals surface area contributed by atoms with Crippen LogP contribution >= 0.6 is 11.6 Å². The third-order valence-corrected chi connectivity index (χ3v) is 7.45. The highest BCUT2D eigenvalue weighted by Crippen LogP contribution is 2.43. The number of hydrogen-bond acceptors (Lipinski definition) is 3. The standard InChI is InChI=1S/C30H30ClN3O2/c1-18(2)29-25-14-9-21(16-22(25)17-32-29)30(36)33-19(3)15-28(26-7-5-6-8-27(26)33)34(20(4)35)24-12-10-23(31)11-13-24/h5-14,16-19,28-29H,15H2,1-4H3/t19-,28+,29?/m0/s1. The summed E-state index contributed by atoms with van der Waals surface area (Å²) in [5.41, 5.74) is 5.41. The van der Waals surface area contributed by atoms with Gasteiger partial charge >= 0.3 is 0 Å². The Hall–Kier alpha value is -3.44. The molecule has 0 N–H and O–H groups in total. The molecule has 0 aromatic heterocycles. The lowest BCUT2D eigenvalue weighted by Crippen LogP contribution is -2.47. The minimum Gasteiger partial charge on any atom is -0.305 e. The maximum Gasteiger partial charge on any atom is 0.258 e. The van der Waals surface area contributed by atoms with Crippen molar-refractivity contribution in [3.05, 3.63) is 94.0 Å². The molecule has 2 aliphatic rings. The van der Waals surface area contributed by atoms with Crippen molar-refractivity contribution in [1.29, 1.82) is 0 Å². The second-order valence-electron chi connectivity index (χ2n) is 10.0. The topological polar surface area (TPSA) is 53.0 Å². The molecule has 0 aliphatic carbocycles. The van der Waals surface area contributed by atoms with Gasteiger partial charge in [0.2, 0.25) is 5.91 Å². The van der Waals surface area contributed by atoms with Crippen LogP contribution in [0.2, 0.25) is 5.02 Å². The van der Waals surface area contributed by atoms with Crippen LogP contribution in [0.5, 0.6) is 0 Å². The highest BCUT2D eigenvalue weighted by molar-refractivity contribution is 6.30. The van der Waals surface area contributed by atoms with E-state index < -0.39 is 0 Å². The molecule has 3 atom stereocenters. The van der Waals surface area contributed by atoms with Gasteiger partial charge in [0.1, 0.15) is 0 Å². The van der Waals surface area contributed by atoms with E-state index in [0.29, 0.717) is 22.9 Å².